The number of likely N-dealkylation sites (N-methyl/N-ethyl adjacent to an activating group) is 1. The lowest BCUT2D eigenvalue weighted by atomic mass is 10.2. The number of imidazole rings is 1. The van der Waals surface area contributed by atoms with Gasteiger partial charge in [-0.2, -0.15) is 0 Å². The Morgan fingerprint density at radius 2 is 2.19 bits per heavy atom. The Morgan fingerprint density at radius 1 is 1.48 bits per heavy atom. The van der Waals surface area contributed by atoms with E-state index in [1.54, 1.807) is 13.8 Å². The van der Waals surface area contributed by atoms with Gasteiger partial charge in [0.2, 0.25) is 5.91 Å². The number of nitrogens with zero attached hydrogens (tertiary/aromatic N) is 2. The van der Waals surface area contributed by atoms with E-state index >= 15 is 0 Å². The Balaban J connectivity index is 2.65. The molecule has 2 aromatic rings. The quantitative estimate of drug-likeness (QED) is 0.862. The summed E-state index contributed by atoms with van der Waals surface area (Å²) < 4.78 is 29.0. The third-order valence-electron chi connectivity index (χ3n) is 3.25. The van der Waals surface area contributed by atoms with Crippen LogP contribution in [0.5, 0.6) is 0 Å². The fourth-order valence-electron chi connectivity index (χ4n) is 2.29. The summed E-state index contributed by atoms with van der Waals surface area (Å²) in [5, 5.41) is 2.66. The van der Waals surface area contributed by atoms with Crippen molar-refractivity contribution in [3.8, 4) is 0 Å². The Kier molecular flexibility index (Phi) is 4.77. The number of hydrogen-bond donors (Lipinski definition) is 1. The van der Waals surface area contributed by atoms with Crippen LogP contribution < -0.4 is 5.32 Å². The number of hydrogen-bond acceptors (Lipinski definition) is 2. The maximum atomic E-state index is 14.1. The van der Waals surface area contributed by atoms with Crippen LogP contribution in [0, 0.1) is 11.6 Å². The maximum absolute atomic E-state index is 14.1. The third kappa shape index (κ3) is 2.85. The highest BCUT2D eigenvalue weighted by Gasteiger charge is 2.24. The van der Waals surface area contributed by atoms with Gasteiger partial charge in [0.1, 0.15) is 17.4 Å². The largest absolute Gasteiger partial charge is 0.355 e. The average molecular weight is 316 g/mol. The van der Waals surface area contributed by atoms with Crippen LogP contribution in [-0.4, -0.2) is 27.9 Å². The monoisotopic (exact) mass is 315 g/mol. The Bertz CT molecular complexity index is 672. The van der Waals surface area contributed by atoms with E-state index in [1.807, 2.05) is 0 Å². The Hall–Kier alpha value is -1.69. The molecule has 0 radical (unpaired) electrons. The molecule has 2 rings (SSSR count). The number of rotatable bonds is 5. The third-order valence-corrected chi connectivity index (χ3v) is 3.44. The molecule has 1 heterocycles. The second-order valence-electron chi connectivity index (χ2n) is 4.64. The molecule has 0 saturated carbocycles. The molecule has 21 heavy (non-hydrogen) atoms. The number of halogens is 3. The highest BCUT2D eigenvalue weighted by atomic mass is 35.5. The molecule has 1 amide bonds. The zero-order valence-corrected chi connectivity index (χ0v) is 12.5. The van der Waals surface area contributed by atoms with Gasteiger partial charge >= 0.3 is 0 Å². The molecular formula is C14H16ClF2N3O. The van der Waals surface area contributed by atoms with Crippen molar-refractivity contribution in [2.45, 2.75) is 26.3 Å². The molecule has 0 fully saturated rings. The molecule has 0 aliphatic rings. The van der Waals surface area contributed by atoms with Crippen molar-refractivity contribution in [2.75, 3.05) is 12.4 Å². The molecule has 1 N–H and O–H groups in total. The fraction of sp³-hybridized carbons (Fsp3) is 0.429. The van der Waals surface area contributed by atoms with E-state index in [0.717, 1.165) is 6.07 Å². The van der Waals surface area contributed by atoms with Crippen LogP contribution in [-0.2, 0) is 11.2 Å². The van der Waals surface area contributed by atoms with Crippen molar-refractivity contribution in [2.24, 2.45) is 0 Å². The number of benzene rings is 1. The molecule has 1 aromatic carbocycles. The number of aromatic nitrogens is 2. The lowest BCUT2D eigenvalue weighted by molar-refractivity contribution is -0.123. The lowest BCUT2D eigenvalue weighted by Crippen LogP contribution is -2.31. The minimum atomic E-state index is -1.00. The van der Waals surface area contributed by atoms with Gasteiger partial charge in [-0.05, 0) is 26.0 Å². The zero-order valence-electron chi connectivity index (χ0n) is 11.8. The zero-order chi connectivity index (χ0) is 15.6. The van der Waals surface area contributed by atoms with Gasteiger partial charge < -0.3 is 9.88 Å². The SMILES string of the molecule is CCNC(=O)C(C)n1c(CCCl)nc2ccc(F)c(F)c21. The van der Waals surface area contributed by atoms with E-state index in [9.17, 15) is 13.6 Å². The van der Waals surface area contributed by atoms with Gasteiger partial charge in [0.05, 0.1) is 5.52 Å². The average Bonchev–Trinajstić information content (AvgIpc) is 2.82. The van der Waals surface area contributed by atoms with E-state index in [0.29, 0.717) is 24.3 Å². The normalized spacial score (nSPS) is 12.6. The first-order valence-electron chi connectivity index (χ1n) is 6.69. The van der Waals surface area contributed by atoms with E-state index in [1.165, 1.54) is 10.6 Å². The maximum Gasteiger partial charge on any atom is 0.242 e. The van der Waals surface area contributed by atoms with Crippen LogP contribution in [0.25, 0.3) is 11.0 Å². The number of amides is 1. The van der Waals surface area contributed by atoms with Crippen molar-refractivity contribution >= 4 is 28.5 Å². The molecule has 1 aromatic heterocycles. The van der Waals surface area contributed by atoms with Crippen LogP contribution in [0.4, 0.5) is 8.78 Å². The molecule has 0 saturated heterocycles. The first-order valence-corrected chi connectivity index (χ1v) is 7.23. The van der Waals surface area contributed by atoms with Gasteiger partial charge in [0, 0.05) is 18.8 Å². The van der Waals surface area contributed by atoms with Crippen molar-refractivity contribution in [3.05, 3.63) is 29.6 Å². The van der Waals surface area contributed by atoms with E-state index in [2.05, 4.69) is 10.3 Å². The highest BCUT2D eigenvalue weighted by molar-refractivity contribution is 6.17. The molecule has 1 atom stereocenters. The number of nitrogens with one attached hydrogen (secondary N) is 1. The molecule has 0 aliphatic heterocycles. The Morgan fingerprint density at radius 3 is 2.81 bits per heavy atom. The smallest absolute Gasteiger partial charge is 0.242 e. The molecule has 0 spiro atoms. The standard InChI is InChI=1S/C14H16ClF2N3O/c1-3-18-14(21)8(2)20-11(6-7-15)19-10-5-4-9(16)12(17)13(10)20/h4-5,8H,3,6-7H2,1-2H3,(H,18,21). The summed E-state index contributed by atoms with van der Waals surface area (Å²) in [6.07, 6.45) is 0.362. The van der Waals surface area contributed by atoms with Gasteiger partial charge in [-0.15, -0.1) is 11.6 Å². The fourth-order valence-corrected chi connectivity index (χ4v) is 2.46. The summed E-state index contributed by atoms with van der Waals surface area (Å²) in [6, 6.07) is 1.72. The Labute approximate surface area is 126 Å². The molecule has 0 aliphatic carbocycles. The first kappa shape index (κ1) is 15.7. The van der Waals surface area contributed by atoms with Crippen molar-refractivity contribution in [1.82, 2.24) is 14.9 Å². The van der Waals surface area contributed by atoms with Crippen LogP contribution in [0.2, 0.25) is 0 Å². The molecule has 114 valence electrons. The predicted octanol–water partition coefficient (Wildman–Crippen LogP) is 2.79. The minimum Gasteiger partial charge on any atom is -0.355 e. The van der Waals surface area contributed by atoms with Crippen molar-refractivity contribution in [3.63, 3.8) is 0 Å². The van der Waals surface area contributed by atoms with Gasteiger partial charge in [0.15, 0.2) is 11.6 Å². The number of alkyl halides is 1. The number of fused-ring (bicyclic) bond motifs is 1. The number of carbonyl (C=O) groups excluding carboxylic acids is 1. The topological polar surface area (TPSA) is 46.9 Å². The molecule has 0 bridgehead atoms. The summed E-state index contributed by atoms with van der Waals surface area (Å²) in [5.41, 5.74) is 0.305. The molecule has 7 heteroatoms. The molecular weight excluding hydrogens is 300 g/mol. The van der Waals surface area contributed by atoms with Crippen LogP contribution >= 0.6 is 11.6 Å². The van der Waals surface area contributed by atoms with Crippen LogP contribution in [0.1, 0.15) is 25.7 Å². The van der Waals surface area contributed by atoms with Gasteiger partial charge in [-0.25, -0.2) is 13.8 Å². The summed E-state index contributed by atoms with van der Waals surface area (Å²) in [5.74, 6) is -1.52. The predicted molar refractivity (Wildman–Crippen MR) is 77.5 cm³/mol. The molecule has 1 unspecified atom stereocenters. The summed E-state index contributed by atoms with van der Waals surface area (Å²) in [6.45, 7) is 3.86. The highest BCUT2D eigenvalue weighted by Crippen LogP contribution is 2.26. The van der Waals surface area contributed by atoms with Crippen LogP contribution in [0.3, 0.4) is 0 Å². The lowest BCUT2D eigenvalue weighted by Gasteiger charge is -2.17. The van der Waals surface area contributed by atoms with E-state index in [4.69, 9.17) is 11.6 Å². The van der Waals surface area contributed by atoms with E-state index in [-0.39, 0.29) is 17.3 Å². The van der Waals surface area contributed by atoms with Gasteiger partial charge in [0.25, 0.3) is 0 Å². The summed E-state index contributed by atoms with van der Waals surface area (Å²) >= 11 is 5.73. The second-order valence-corrected chi connectivity index (χ2v) is 5.01. The minimum absolute atomic E-state index is 0.00568. The van der Waals surface area contributed by atoms with Gasteiger partial charge in [-0.1, -0.05) is 0 Å². The van der Waals surface area contributed by atoms with Crippen LogP contribution in [0.15, 0.2) is 12.1 Å². The first-order chi connectivity index (χ1) is 10.0. The number of aryl methyl sites for hydroxylation is 1. The summed E-state index contributed by atoms with van der Waals surface area (Å²) in [4.78, 5) is 16.3. The van der Waals surface area contributed by atoms with Gasteiger partial charge in [-0.3, -0.25) is 4.79 Å². The number of carbonyl (C=O) groups is 1. The van der Waals surface area contributed by atoms with Crippen molar-refractivity contribution in [1.29, 1.82) is 0 Å². The molecule has 4 nitrogen and oxygen atoms in total. The summed E-state index contributed by atoms with van der Waals surface area (Å²) in [7, 11) is 0. The second kappa shape index (κ2) is 6.39. The van der Waals surface area contributed by atoms with Crippen molar-refractivity contribution < 1.29 is 13.6 Å². The van der Waals surface area contributed by atoms with E-state index < -0.39 is 17.7 Å².